The predicted octanol–water partition coefficient (Wildman–Crippen LogP) is 3.53. The Morgan fingerprint density at radius 3 is 2.65 bits per heavy atom. The van der Waals surface area contributed by atoms with Gasteiger partial charge in [-0.25, -0.2) is 4.39 Å². The van der Waals surface area contributed by atoms with Crippen molar-refractivity contribution in [1.82, 2.24) is 0 Å². The summed E-state index contributed by atoms with van der Waals surface area (Å²) in [5, 5.41) is 9.19. The number of aliphatic carboxylic acids is 1. The minimum absolute atomic E-state index is 0.274. The van der Waals surface area contributed by atoms with E-state index in [-0.39, 0.29) is 11.7 Å². The van der Waals surface area contributed by atoms with E-state index in [1.54, 1.807) is 6.07 Å². The standard InChI is InChI=1S/C14H17FO2/c1-8(2)10-5-6-12(14(16)17)11-4-3-9(15)7-13(10)11/h3-4,7-8,10,12H,5-6H2,1-2H3,(H,16,17). The lowest BCUT2D eigenvalue weighted by atomic mass is 9.72. The van der Waals surface area contributed by atoms with Gasteiger partial charge in [0.05, 0.1) is 5.92 Å². The van der Waals surface area contributed by atoms with Gasteiger partial charge >= 0.3 is 5.97 Å². The molecule has 0 saturated carbocycles. The summed E-state index contributed by atoms with van der Waals surface area (Å²) in [7, 11) is 0. The van der Waals surface area contributed by atoms with Crippen LogP contribution < -0.4 is 0 Å². The molecule has 1 aliphatic rings. The Morgan fingerprint density at radius 2 is 2.06 bits per heavy atom. The summed E-state index contributed by atoms with van der Waals surface area (Å²) in [5.74, 6) is -0.873. The van der Waals surface area contributed by atoms with Gasteiger partial charge in [0.1, 0.15) is 5.82 Å². The van der Waals surface area contributed by atoms with E-state index in [1.165, 1.54) is 12.1 Å². The Labute approximate surface area is 100 Å². The minimum atomic E-state index is -0.805. The average Bonchev–Trinajstić information content (AvgIpc) is 2.26. The molecule has 2 atom stereocenters. The monoisotopic (exact) mass is 236 g/mol. The Hall–Kier alpha value is -1.38. The Morgan fingerprint density at radius 1 is 1.35 bits per heavy atom. The van der Waals surface area contributed by atoms with Gasteiger partial charge in [0.15, 0.2) is 0 Å². The molecule has 3 heteroatoms. The van der Waals surface area contributed by atoms with Gasteiger partial charge in [-0.3, -0.25) is 4.79 Å². The molecule has 2 rings (SSSR count). The zero-order valence-corrected chi connectivity index (χ0v) is 10.1. The summed E-state index contributed by atoms with van der Waals surface area (Å²) in [6.45, 7) is 4.20. The molecule has 2 nitrogen and oxygen atoms in total. The quantitative estimate of drug-likeness (QED) is 0.852. The van der Waals surface area contributed by atoms with Gasteiger partial charge in [-0.1, -0.05) is 19.9 Å². The van der Waals surface area contributed by atoms with Crippen LogP contribution in [0.5, 0.6) is 0 Å². The van der Waals surface area contributed by atoms with Gasteiger partial charge in [-0.2, -0.15) is 0 Å². The van der Waals surface area contributed by atoms with Crippen LogP contribution in [0.15, 0.2) is 18.2 Å². The van der Waals surface area contributed by atoms with E-state index >= 15 is 0 Å². The number of fused-ring (bicyclic) bond motifs is 1. The van der Waals surface area contributed by atoms with Gasteiger partial charge < -0.3 is 5.11 Å². The molecule has 0 heterocycles. The van der Waals surface area contributed by atoms with Crippen LogP contribution in [0.2, 0.25) is 0 Å². The van der Waals surface area contributed by atoms with Crippen LogP contribution in [0.4, 0.5) is 4.39 Å². The Balaban J connectivity index is 2.49. The van der Waals surface area contributed by atoms with E-state index in [0.717, 1.165) is 17.5 Å². The second-order valence-electron chi connectivity index (χ2n) is 5.09. The van der Waals surface area contributed by atoms with E-state index in [4.69, 9.17) is 0 Å². The average molecular weight is 236 g/mol. The van der Waals surface area contributed by atoms with Gasteiger partial charge in [0.2, 0.25) is 0 Å². The number of benzene rings is 1. The number of carbonyl (C=O) groups is 1. The Bertz CT molecular complexity index is 440. The Kier molecular flexibility index (Phi) is 3.18. The predicted molar refractivity (Wildman–Crippen MR) is 63.6 cm³/mol. The van der Waals surface area contributed by atoms with E-state index in [0.29, 0.717) is 12.3 Å². The lowest BCUT2D eigenvalue weighted by molar-refractivity contribution is -0.139. The van der Waals surface area contributed by atoms with Crippen molar-refractivity contribution in [1.29, 1.82) is 0 Å². The molecule has 1 N–H and O–H groups in total. The molecule has 0 spiro atoms. The van der Waals surface area contributed by atoms with Crippen molar-refractivity contribution in [3.63, 3.8) is 0 Å². The number of hydrogen-bond acceptors (Lipinski definition) is 1. The molecular weight excluding hydrogens is 219 g/mol. The molecule has 0 amide bonds. The third kappa shape index (κ3) is 2.19. The topological polar surface area (TPSA) is 37.3 Å². The fourth-order valence-electron chi connectivity index (χ4n) is 2.79. The first-order chi connectivity index (χ1) is 8.00. The molecule has 2 unspecified atom stereocenters. The molecule has 0 aromatic heterocycles. The molecule has 0 saturated heterocycles. The third-order valence-corrected chi connectivity index (χ3v) is 3.69. The molecule has 92 valence electrons. The molecule has 0 fully saturated rings. The van der Waals surface area contributed by atoms with E-state index < -0.39 is 11.9 Å². The van der Waals surface area contributed by atoms with E-state index in [1.807, 2.05) is 0 Å². The van der Waals surface area contributed by atoms with Crippen molar-refractivity contribution in [3.05, 3.63) is 35.1 Å². The minimum Gasteiger partial charge on any atom is -0.481 e. The SMILES string of the molecule is CC(C)C1CCC(C(=O)O)c2ccc(F)cc21. The number of rotatable bonds is 2. The van der Waals surface area contributed by atoms with Gasteiger partial charge in [0.25, 0.3) is 0 Å². The van der Waals surface area contributed by atoms with Gasteiger partial charge in [-0.05, 0) is 47.9 Å². The second-order valence-corrected chi connectivity index (χ2v) is 5.09. The lowest BCUT2D eigenvalue weighted by Crippen LogP contribution is -2.23. The highest BCUT2D eigenvalue weighted by molar-refractivity contribution is 5.77. The first kappa shape index (κ1) is 12.1. The summed E-state index contributed by atoms with van der Waals surface area (Å²) in [4.78, 5) is 11.2. The number of halogens is 1. The number of carboxylic acid groups (broad SMARTS) is 1. The first-order valence-electron chi connectivity index (χ1n) is 6.03. The molecule has 0 bridgehead atoms. The van der Waals surface area contributed by atoms with E-state index in [2.05, 4.69) is 13.8 Å². The first-order valence-corrected chi connectivity index (χ1v) is 6.03. The smallest absolute Gasteiger partial charge is 0.310 e. The van der Waals surface area contributed by atoms with Crippen LogP contribution in [0.1, 0.15) is 49.7 Å². The second kappa shape index (κ2) is 4.47. The van der Waals surface area contributed by atoms with E-state index in [9.17, 15) is 14.3 Å². The molecule has 0 radical (unpaired) electrons. The lowest BCUT2D eigenvalue weighted by Gasteiger charge is -2.32. The molecular formula is C14H17FO2. The summed E-state index contributed by atoms with van der Waals surface area (Å²) in [6, 6.07) is 4.50. The van der Waals surface area contributed by atoms with Crippen LogP contribution in [0.3, 0.4) is 0 Å². The summed E-state index contributed by atoms with van der Waals surface area (Å²) in [6.07, 6.45) is 1.47. The molecule has 1 aliphatic carbocycles. The van der Waals surface area contributed by atoms with Gasteiger partial charge in [0, 0.05) is 0 Å². The maximum atomic E-state index is 13.3. The van der Waals surface area contributed by atoms with Crippen LogP contribution in [-0.2, 0) is 4.79 Å². The zero-order chi connectivity index (χ0) is 12.6. The largest absolute Gasteiger partial charge is 0.481 e. The number of hydrogen-bond donors (Lipinski definition) is 1. The maximum Gasteiger partial charge on any atom is 0.310 e. The molecule has 17 heavy (non-hydrogen) atoms. The van der Waals surface area contributed by atoms with Crippen LogP contribution >= 0.6 is 0 Å². The molecule has 1 aromatic carbocycles. The van der Waals surface area contributed by atoms with Crippen molar-refractivity contribution in [2.75, 3.05) is 0 Å². The van der Waals surface area contributed by atoms with Crippen molar-refractivity contribution in [2.45, 2.75) is 38.5 Å². The van der Waals surface area contributed by atoms with Crippen LogP contribution in [-0.4, -0.2) is 11.1 Å². The third-order valence-electron chi connectivity index (χ3n) is 3.69. The van der Waals surface area contributed by atoms with Crippen LogP contribution in [0, 0.1) is 11.7 Å². The van der Waals surface area contributed by atoms with Gasteiger partial charge in [-0.15, -0.1) is 0 Å². The highest BCUT2D eigenvalue weighted by atomic mass is 19.1. The fraction of sp³-hybridized carbons (Fsp3) is 0.500. The summed E-state index contributed by atoms with van der Waals surface area (Å²) >= 11 is 0. The zero-order valence-electron chi connectivity index (χ0n) is 10.1. The van der Waals surface area contributed by atoms with Crippen molar-refractivity contribution in [3.8, 4) is 0 Å². The molecule has 1 aromatic rings. The highest BCUT2D eigenvalue weighted by Gasteiger charge is 2.32. The number of carboxylic acids is 1. The normalized spacial score (nSPS) is 23.5. The highest BCUT2D eigenvalue weighted by Crippen LogP contribution is 2.42. The summed E-state index contributed by atoms with van der Waals surface area (Å²) < 4.78 is 13.3. The van der Waals surface area contributed by atoms with Crippen molar-refractivity contribution in [2.24, 2.45) is 5.92 Å². The molecule has 0 aliphatic heterocycles. The van der Waals surface area contributed by atoms with Crippen molar-refractivity contribution < 1.29 is 14.3 Å². The van der Waals surface area contributed by atoms with Crippen LogP contribution in [0.25, 0.3) is 0 Å². The fourth-order valence-corrected chi connectivity index (χ4v) is 2.79. The maximum absolute atomic E-state index is 13.3. The van der Waals surface area contributed by atoms with Crippen molar-refractivity contribution >= 4 is 5.97 Å². The summed E-state index contributed by atoms with van der Waals surface area (Å²) in [5.41, 5.74) is 1.68.